The third-order valence-electron chi connectivity index (χ3n) is 5.30. The van der Waals surface area contributed by atoms with Crippen molar-refractivity contribution in [3.8, 4) is 11.4 Å². The smallest absolute Gasteiger partial charge is 0.416 e. The number of halogens is 3. The van der Waals surface area contributed by atoms with Gasteiger partial charge in [0.2, 0.25) is 0 Å². The molecule has 1 aliphatic rings. The highest BCUT2D eigenvalue weighted by Crippen LogP contribution is 2.30. The molecular formula is C21H27F3N4O2. The Morgan fingerprint density at radius 3 is 2.67 bits per heavy atom. The number of amides is 1. The molecule has 0 bridgehead atoms. The van der Waals surface area contributed by atoms with Gasteiger partial charge in [0.05, 0.1) is 24.6 Å². The van der Waals surface area contributed by atoms with Crippen LogP contribution in [-0.2, 0) is 6.18 Å². The van der Waals surface area contributed by atoms with Gasteiger partial charge >= 0.3 is 6.18 Å². The van der Waals surface area contributed by atoms with Gasteiger partial charge in [-0.2, -0.15) is 18.3 Å². The van der Waals surface area contributed by atoms with E-state index in [2.05, 4.69) is 22.2 Å². The molecule has 9 heteroatoms. The molecule has 1 fully saturated rings. The molecule has 2 heterocycles. The fourth-order valence-corrected chi connectivity index (χ4v) is 3.56. The van der Waals surface area contributed by atoms with Crippen molar-refractivity contribution in [1.29, 1.82) is 0 Å². The van der Waals surface area contributed by atoms with Gasteiger partial charge in [0.25, 0.3) is 5.91 Å². The number of piperidine rings is 1. The van der Waals surface area contributed by atoms with Crippen molar-refractivity contribution < 1.29 is 22.7 Å². The van der Waals surface area contributed by atoms with Crippen LogP contribution in [0.2, 0.25) is 0 Å². The van der Waals surface area contributed by atoms with E-state index in [-0.39, 0.29) is 29.1 Å². The van der Waals surface area contributed by atoms with Crippen LogP contribution in [-0.4, -0.2) is 53.4 Å². The zero-order valence-electron chi connectivity index (χ0n) is 17.2. The van der Waals surface area contributed by atoms with Gasteiger partial charge in [0.1, 0.15) is 0 Å². The molecule has 164 valence electrons. The van der Waals surface area contributed by atoms with E-state index in [1.807, 2.05) is 0 Å². The van der Waals surface area contributed by atoms with Crippen molar-refractivity contribution in [2.24, 2.45) is 0 Å². The van der Waals surface area contributed by atoms with Crippen LogP contribution in [0.1, 0.15) is 48.7 Å². The predicted octanol–water partition coefficient (Wildman–Crippen LogP) is 3.89. The Labute approximate surface area is 174 Å². The van der Waals surface area contributed by atoms with Crippen LogP contribution in [0.3, 0.4) is 0 Å². The molecule has 0 saturated carbocycles. The summed E-state index contributed by atoms with van der Waals surface area (Å²) < 4.78 is 45.5. The van der Waals surface area contributed by atoms with Crippen LogP contribution in [0.4, 0.5) is 13.2 Å². The number of ether oxygens (including phenoxy) is 1. The molecule has 3 rings (SSSR count). The summed E-state index contributed by atoms with van der Waals surface area (Å²) in [6.45, 7) is 5.10. The van der Waals surface area contributed by atoms with E-state index < -0.39 is 11.7 Å². The van der Waals surface area contributed by atoms with Crippen molar-refractivity contribution in [3.05, 3.63) is 41.7 Å². The lowest BCUT2D eigenvalue weighted by Crippen LogP contribution is -2.45. The molecule has 0 spiro atoms. The molecule has 30 heavy (non-hydrogen) atoms. The van der Waals surface area contributed by atoms with Crippen LogP contribution >= 0.6 is 0 Å². The zero-order valence-corrected chi connectivity index (χ0v) is 17.2. The molecular weight excluding hydrogens is 397 g/mol. The molecule has 1 amide bonds. The quantitative estimate of drug-likeness (QED) is 0.733. The number of methoxy groups -OCH3 is 1. The van der Waals surface area contributed by atoms with E-state index in [1.54, 1.807) is 0 Å². The van der Waals surface area contributed by atoms with Crippen LogP contribution in [0.25, 0.3) is 5.69 Å². The summed E-state index contributed by atoms with van der Waals surface area (Å²) in [7, 11) is 1.40. The summed E-state index contributed by atoms with van der Waals surface area (Å²) in [6.07, 6.45) is 0.988. The van der Waals surface area contributed by atoms with Gasteiger partial charge in [0, 0.05) is 19.1 Å². The Kier molecular flexibility index (Phi) is 7.02. The number of carbonyl (C=O) groups excluding carboxylic acids is 1. The highest BCUT2D eigenvalue weighted by atomic mass is 19.4. The molecule has 1 N–H and O–H groups in total. The molecule has 0 aliphatic carbocycles. The largest absolute Gasteiger partial charge is 0.493 e. The third kappa shape index (κ3) is 5.33. The number of benzene rings is 1. The average molecular weight is 424 g/mol. The lowest BCUT2D eigenvalue weighted by atomic mass is 10.0. The van der Waals surface area contributed by atoms with E-state index in [0.717, 1.165) is 51.0 Å². The van der Waals surface area contributed by atoms with Crippen molar-refractivity contribution in [2.75, 3.05) is 26.7 Å². The van der Waals surface area contributed by atoms with Crippen molar-refractivity contribution in [3.63, 3.8) is 0 Å². The molecule has 1 aliphatic heterocycles. The highest BCUT2D eigenvalue weighted by molar-refractivity contribution is 5.95. The summed E-state index contributed by atoms with van der Waals surface area (Å²) in [6, 6.07) is 4.82. The van der Waals surface area contributed by atoms with E-state index in [9.17, 15) is 18.0 Å². The van der Waals surface area contributed by atoms with Gasteiger partial charge in [-0.15, -0.1) is 0 Å². The van der Waals surface area contributed by atoms with Crippen LogP contribution in [0, 0.1) is 0 Å². The first-order valence-electron chi connectivity index (χ1n) is 10.2. The molecule has 1 saturated heterocycles. The number of alkyl halides is 3. The summed E-state index contributed by atoms with van der Waals surface area (Å²) in [5.74, 6) is -0.171. The number of hydrogen-bond acceptors (Lipinski definition) is 4. The fourth-order valence-electron chi connectivity index (χ4n) is 3.56. The number of aromatic nitrogens is 2. The number of likely N-dealkylation sites (tertiary alicyclic amines) is 1. The topological polar surface area (TPSA) is 59.4 Å². The monoisotopic (exact) mass is 424 g/mol. The van der Waals surface area contributed by atoms with Gasteiger partial charge in [-0.05, 0) is 44.0 Å². The Morgan fingerprint density at radius 2 is 2.03 bits per heavy atom. The minimum atomic E-state index is -4.46. The van der Waals surface area contributed by atoms with Gasteiger partial charge in [-0.3, -0.25) is 4.79 Å². The van der Waals surface area contributed by atoms with Crippen LogP contribution in [0.5, 0.6) is 5.75 Å². The second-order valence-electron chi connectivity index (χ2n) is 7.48. The van der Waals surface area contributed by atoms with E-state index in [4.69, 9.17) is 4.74 Å². The molecule has 0 unspecified atom stereocenters. The second kappa shape index (κ2) is 9.51. The highest BCUT2D eigenvalue weighted by Gasteiger charge is 2.31. The lowest BCUT2D eigenvalue weighted by molar-refractivity contribution is -0.137. The maximum atomic E-state index is 13.0. The van der Waals surface area contributed by atoms with E-state index in [1.165, 1.54) is 36.5 Å². The second-order valence-corrected chi connectivity index (χ2v) is 7.48. The summed E-state index contributed by atoms with van der Waals surface area (Å²) in [4.78, 5) is 15.2. The molecule has 0 radical (unpaired) electrons. The fraction of sp³-hybridized carbons (Fsp3) is 0.524. The first kappa shape index (κ1) is 22.1. The molecule has 1 aromatic heterocycles. The molecule has 6 nitrogen and oxygen atoms in total. The number of rotatable bonds is 7. The first-order valence-corrected chi connectivity index (χ1v) is 10.2. The maximum Gasteiger partial charge on any atom is 0.416 e. The number of nitrogens with one attached hydrogen (secondary N) is 1. The Bertz CT molecular complexity index is 858. The maximum absolute atomic E-state index is 13.0. The number of carbonyl (C=O) groups is 1. The third-order valence-corrected chi connectivity index (χ3v) is 5.30. The average Bonchev–Trinajstić information content (AvgIpc) is 3.17. The van der Waals surface area contributed by atoms with Gasteiger partial charge in [-0.1, -0.05) is 19.4 Å². The summed E-state index contributed by atoms with van der Waals surface area (Å²) in [5, 5.41) is 7.18. The van der Waals surface area contributed by atoms with Crippen molar-refractivity contribution in [2.45, 2.75) is 44.8 Å². The lowest BCUT2D eigenvalue weighted by Gasteiger charge is -2.32. The predicted molar refractivity (Wildman–Crippen MR) is 107 cm³/mol. The van der Waals surface area contributed by atoms with Crippen molar-refractivity contribution in [1.82, 2.24) is 20.0 Å². The Morgan fingerprint density at radius 1 is 1.30 bits per heavy atom. The number of hydrogen-bond donors (Lipinski definition) is 1. The Balaban J connectivity index is 1.70. The Hall–Kier alpha value is -2.55. The van der Waals surface area contributed by atoms with Crippen molar-refractivity contribution >= 4 is 5.91 Å². The van der Waals surface area contributed by atoms with Gasteiger partial charge in [0.15, 0.2) is 11.4 Å². The first-order chi connectivity index (χ1) is 14.3. The van der Waals surface area contributed by atoms with Crippen LogP contribution < -0.4 is 10.1 Å². The summed E-state index contributed by atoms with van der Waals surface area (Å²) >= 11 is 0. The van der Waals surface area contributed by atoms with Gasteiger partial charge in [-0.25, -0.2) is 4.68 Å². The minimum Gasteiger partial charge on any atom is -0.493 e. The molecule has 2 aromatic rings. The molecule has 1 aromatic carbocycles. The number of nitrogens with zero attached hydrogens (tertiary/aromatic N) is 3. The van der Waals surface area contributed by atoms with Gasteiger partial charge < -0.3 is 15.0 Å². The minimum absolute atomic E-state index is 0.0405. The normalized spacial score (nSPS) is 15.9. The van der Waals surface area contributed by atoms with Crippen LogP contribution in [0.15, 0.2) is 30.5 Å². The van der Waals surface area contributed by atoms with E-state index in [0.29, 0.717) is 0 Å². The summed E-state index contributed by atoms with van der Waals surface area (Å²) in [5.41, 5.74) is -0.523. The number of unbranched alkanes of at least 4 members (excludes halogenated alkanes) is 1. The zero-order chi connectivity index (χ0) is 21.7. The molecule has 0 atom stereocenters. The van der Waals surface area contributed by atoms with E-state index >= 15 is 0 Å². The standard InChI is InChI=1S/C21H27F3N4O2/c1-3-4-10-27-11-8-16(9-12-27)25-20(29)19-18(30-2)14-28(26-19)17-7-5-6-15(13-17)21(22,23)24/h5-7,13-14,16H,3-4,8-12H2,1-2H3,(H,25,29). The SMILES string of the molecule is CCCCN1CCC(NC(=O)c2nn(-c3cccc(C(F)(F)F)c3)cc2OC)CC1.